The van der Waals surface area contributed by atoms with Gasteiger partial charge in [-0.15, -0.1) is 11.3 Å². The molecule has 0 aliphatic rings. The van der Waals surface area contributed by atoms with Crippen molar-refractivity contribution in [3.8, 4) is 0 Å². The van der Waals surface area contributed by atoms with E-state index in [1.165, 1.54) is 6.20 Å². The summed E-state index contributed by atoms with van der Waals surface area (Å²) in [5.41, 5.74) is 0.638. The van der Waals surface area contributed by atoms with Gasteiger partial charge in [-0.1, -0.05) is 6.92 Å². The van der Waals surface area contributed by atoms with Crippen LogP contribution < -0.4 is 10.0 Å². The Balaban J connectivity index is 2.16. The summed E-state index contributed by atoms with van der Waals surface area (Å²) in [6.07, 6.45) is 1.54. The molecule has 21 heavy (non-hydrogen) atoms. The summed E-state index contributed by atoms with van der Waals surface area (Å²) in [5.74, 6) is 0. The molecule has 0 bridgehead atoms. The topological polar surface area (TPSA) is 86.9 Å². The minimum absolute atomic E-state index is 0.128. The van der Waals surface area contributed by atoms with Gasteiger partial charge in [0, 0.05) is 21.9 Å². The van der Waals surface area contributed by atoms with Gasteiger partial charge in [0.25, 0.3) is 10.0 Å². The lowest BCUT2D eigenvalue weighted by Gasteiger charge is -2.13. The third-order valence-corrected chi connectivity index (χ3v) is 5.77. The molecule has 0 fully saturated rings. The van der Waals surface area contributed by atoms with Crippen molar-refractivity contribution in [3.63, 3.8) is 0 Å². The van der Waals surface area contributed by atoms with Crippen LogP contribution in [0.25, 0.3) is 0 Å². The molecule has 1 unspecified atom stereocenters. The summed E-state index contributed by atoms with van der Waals surface area (Å²) in [5, 5.41) is 9.65. The summed E-state index contributed by atoms with van der Waals surface area (Å²) in [4.78, 5) is 2.15. The quantitative estimate of drug-likeness (QED) is 0.725. The standard InChI is InChI=1S/C13H20N4O2S2/c1-4-14-7-11-8-15-16-13(11)21(18,19)17-10(3)12-6-5-9(2)20-12/h5-6,8,10,14,17H,4,7H2,1-3H3,(H,15,16). The number of nitrogens with one attached hydrogen (secondary N) is 3. The molecule has 0 amide bonds. The predicted octanol–water partition coefficient (Wildman–Crippen LogP) is 1.93. The summed E-state index contributed by atoms with van der Waals surface area (Å²) in [6.45, 7) is 7.04. The van der Waals surface area contributed by atoms with Gasteiger partial charge in [0.05, 0.1) is 12.2 Å². The average Bonchev–Trinajstić information content (AvgIpc) is 3.04. The van der Waals surface area contributed by atoms with Crippen molar-refractivity contribution in [2.24, 2.45) is 0 Å². The smallest absolute Gasteiger partial charge is 0.258 e. The van der Waals surface area contributed by atoms with E-state index >= 15 is 0 Å². The van der Waals surface area contributed by atoms with Crippen LogP contribution in [0.15, 0.2) is 23.4 Å². The summed E-state index contributed by atoms with van der Waals surface area (Å²) >= 11 is 1.59. The van der Waals surface area contributed by atoms with Crippen LogP contribution in [-0.2, 0) is 16.6 Å². The first-order valence-corrected chi connectivity index (χ1v) is 9.05. The molecule has 0 aliphatic heterocycles. The highest BCUT2D eigenvalue weighted by Crippen LogP contribution is 2.24. The molecule has 2 aromatic heterocycles. The van der Waals surface area contributed by atoms with Gasteiger partial charge in [-0.2, -0.15) is 5.10 Å². The molecule has 0 aromatic carbocycles. The molecule has 2 heterocycles. The van der Waals surface area contributed by atoms with Crippen molar-refractivity contribution in [2.75, 3.05) is 6.54 Å². The molecule has 0 radical (unpaired) electrons. The summed E-state index contributed by atoms with van der Waals surface area (Å²) < 4.78 is 27.6. The normalized spacial score (nSPS) is 13.5. The van der Waals surface area contributed by atoms with Crippen LogP contribution in [0.1, 0.15) is 35.2 Å². The van der Waals surface area contributed by atoms with E-state index in [0.717, 1.165) is 16.3 Å². The molecule has 0 aliphatic carbocycles. The Bertz CT molecular complexity index is 691. The minimum atomic E-state index is -3.62. The van der Waals surface area contributed by atoms with E-state index in [4.69, 9.17) is 0 Å². The zero-order valence-electron chi connectivity index (χ0n) is 12.3. The number of aromatic amines is 1. The lowest BCUT2D eigenvalue weighted by molar-refractivity contribution is 0.561. The van der Waals surface area contributed by atoms with Crippen LogP contribution in [0.3, 0.4) is 0 Å². The Morgan fingerprint density at radius 2 is 2.19 bits per heavy atom. The van der Waals surface area contributed by atoms with Gasteiger partial charge in [-0.3, -0.25) is 5.10 Å². The third kappa shape index (κ3) is 3.91. The fourth-order valence-corrected chi connectivity index (χ4v) is 4.26. The molecule has 8 heteroatoms. The zero-order valence-corrected chi connectivity index (χ0v) is 13.9. The molecular formula is C13H20N4O2S2. The molecule has 0 saturated carbocycles. The van der Waals surface area contributed by atoms with E-state index in [1.807, 2.05) is 32.9 Å². The predicted molar refractivity (Wildman–Crippen MR) is 83.8 cm³/mol. The van der Waals surface area contributed by atoms with E-state index in [1.54, 1.807) is 11.3 Å². The molecule has 0 saturated heterocycles. The first kappa shape index (κ1) is 16.2. The number of aromatic nitrogens is 2. The lowest BCUT2D eigenvalue weighted by Crippen LogP contribution is -2.28. The van der Waals surface area contributed by atoms with Crippen molar-refractivity contribution >= 4 is 21.4 Å². The second kappa shape index (κ2) is 6.69. The summed E-state index contributed by atoms with van der Waals surface area (Å²) in [7, 11) is -3.62. The van der Waals surface area contributed by atoms with E-state index < -0.39 is 10.0 Å². The molecule has 2 rings (SSSR count). The number of aryl methyl sites for hydroxylation is 1. The van der Waals surface area contributed by atoms with Gasteiger partial charge in [0.1, 0.15) is 0 Å². The highest BCUT2D eigenvalue weighted by molar-refractivity contribution is 7.89. The molecule has 3 N–H and O–H groups in total. The van der Waals surface area contributed by atoms with Crippen LogP contribution in [0.2, 0.25) is 0 Å². The van der Waals surface area contributed by atoms with Crippen LogP contribution in [0.4, 0.5) is 0 Å². The molecule has 6 nitrogen and oxygen atoms in total. The molecule has 116 valence electrons. The van der Waals surface area contributed by atoms with E-state index in [-0.39, 0.29) is 11.1 Å². The molecular weight excluding hydrogens is 308 g/mol. The zero-order chi connectivity index (χ0) is 15.5. The molecule has 1 atom stereocenters. The number of hydrogen-bond acceptors (Lipinski definition) is 5. The number of nitrogens with zero attached hydrogens (tertiary/aromatic N) is 1. The second-order valence-corrected chi connectivity index (χ2v) is 7.77. The fraction of sp³-hybridized carbons (Fsp3) is 0.462. The largest absolute Gasteiger partial charge is 0.313 e. The number of rotatable bonds is 7. The van der Waals surface area contributed by atoms with Crippen molar-refractivity contribution in [1.82, 2.24) is 20.2 Å². The first-order valence-electron chi connectivity index (χ1n) is 6.75. The Morgan fingerprint density at radius 1 is 1.43 bits per heavy atom. The summed E-state index contributed by atoms with van der Waals surface area (Å²) in [6, 6.07) is 3.65. The van der Waals surface area contributed by atoms with Gasteiger partial charge < -0.3 is 5.32 Å². The van der Waals surface area contributed by atoms with Gasteiger partial charge in [-0.05, 0) is 32.5 Å². The highest BCUT2D eigenvalue weighted by Gasteiger charge is 2.23. The minimum Gasteiger partial charge on any atom is -0.313 e. The fourth-order valence-electron chi connectivity index (χ4n) is 1.95. The van der Waals surface area contributed by atoms with Crippen molar-refractivity contribution in [3.05, 3.63) is 33.6 Å². The molecule has 2 aromatic rings. The highest BCUT2D eigenvalue weighted by atomic mass is 32.2. The van der Waals surface area contributed by atoms with Crippen LogP contribution >= 0.6 is 11.3 Å². The van der Waals surface area contributed by atoms with Crippen LogP contribution in [-0.4, -0.2) is 25.2 Å². The second-order valence-electron chi connectivity index (χ2n) is 4.80. The maximum absolute atomic E-state index is 12.5. The van der Waals surface area contributed by atoms with Crippen LogP contribution in [0.5, 0.6) is 0 Å². The Kier molecular flexibility index (Phi) is 5.15. The SMILES string of the molecule is CCNCc1cn[nH]c1S(=O)(=O)NC(C)c1ccc(C)s1. The molecule has 0 spiro atoms. The maximum Gasteiger partial charge on any atom is 0.258 e. The number of hydrogen-bond donors (Lipinski definition) is 3. The lowest BCUT2D eigenvalue weighted by atomic mass is 10.3. The maximum atomic E-state index is 12.5. The van der Waals surface area contributed by atoms with Crippen LogP contribution in [0, 0.1) is 6.92 Å². The number of thiophene rings is 1. The monoisotopic (exact) mass is 328 g/mol. The van der Waals surface area contributed by atoms with Gasteiger partial charge >= 0.3 is 0 Å². The van der Waals surface area contributed by atoms with Crippen molar-refractivity contribution in [2.45, 2.75) is 38.4 Å². The first-order chi connectivity index (χ1) is 9.94. The Morgan fingerprint density at radius 3 is 2.81 bits per heavy atom. The van der Waals surface area contributed by atoms with Gasteiger partial charge in [0.2, 0.25) is 0 Å². The van der Waals surface area contributed by atoms with Gasteiger partial charge in [0.15, 0.2) is 5.03 Å². The van der Waals surface area contributed by atoms with Crippen molar-refractivity contribution < 1.29 is 8.42 Å². The third-order valence-electron chi connectivity index (χ3n) is 3.03. The van der Waals surface area contributed by atoms with E-state index in [2.05, 4.69) is 20.2 Å². The van der Waals surface area contributed by atoms with Crippen molar-refractivity contribution in [1.29, 1.82) is 0 Å². The van der Waals surface area contributed by atoms with Gasteiger partial charge in [-0.25, -0.2) is 13.1 Å². The number of H-pyrrole nitrogens is 1. The van der Waals surface area contributed by atoms with E-state index in [9.17, 15) is 8.42 Å². The Hall–Kier alpha value is -1.22. The average molecular weight is 328 g/mol. The Labute approximate surface area is 129 Å². The van der Waals surface area contributed by atoms with E-state index in [0.29, 0.717) is 12.1 Å². The number of sulfonamides is 1.